The van der Waals surface area contributed by atoms with Crippen molar-refractivity contribution in [1.29, 1.82) is 0 Å². The lowest BCUT2D eigenvalue weighted by molar-refractivity contribution is -0.148. The number of anilines is 1. The van der Waals surface area contributed by atoms with Crippen LogP contribution >= 0.6 is 0 Å². The van der Waals surface area contributed by atoms with Crippen LogP contribution in [0.15, 0.2) is 24.3 Å². The van der Waals surface area contributed by atoms with Crippen molar-refractivity contribution >= 4 is 17.6 Å². The number of aromatic amines is 1. The largest absolute Gasteiger partial charge is 0.466 e. The van der Waals surface area contributed by atoms with Gasteiger partial charge in [-0.15, -0.1) is 5.10 Å². The Labute approximate surface area is 157 Å². The number of H-pyrrole nitrogens is 1. The zero-order chi connectivity index (χ0) is 19.2. The van der Waals surface area contributed by atoms with E-state index in [1.54, 1.807) is 6.92 Å². The molecule has 1 saturated heterocycles. The van der Waals surface area contributed by atoms with Crippen molar-refractivity contribution in [3.63, 3.8) is 0 Å². The Kier molecular flexibility index (Phi) is 6.05. The summed E-state index contributed by atoms with van der Waals surface area (Å²) in [4.78, 5) is 26.1. The lowest BCUT2D eigenvalue weighted by Crippen LogP contribution is -2.36. The maximum absolute atomic E-state index is 12.0. The summed E-state index contributed by atoms with van der Waals surface area (Å²) in [5.74, 6) is -0.598. The average molecular weight is 372 g/mol. The minimum atomic E-state index is -0.494. The molecule has 0 unspecified atom stereocenters. The number of carbonyl (C=O) groups excluding carboxylic acids is 2. The van der Waals surface area contributed by atoms with Crippen LogP contribution in [0.4, 0.5) is 5.69 Å². The molecule has 1 N–H and O–H groups in total. The van der Waals surface area contributed by atoms with Gasteiger partial charge in [-0.2, -0.15) is 10.3 Å². The fourth-order valence-corrected chi connectivity index (χ4v) is 3.24. The van der Waals surface area contributed by atoms with Crippen molar-refractivity contribution in [3.05, 3.63) is 30.0 Å². The molecule has 0 aliphatic carbocycles. The highest BCUT2D eigenvalue weighted by molar-refractivity contribution is 5.94. The molecular weight excluding hydrogens is 348 g/mol. The first-order chi connectivity index (χ1) is 13.1. The normalized spacial score (nSPS) is 14.8. The minimum Gasteiger partial charge on any atom is -0.466 e. The highest BCUT2D eigenvalue weighted by atomic mass is 16.5. The Morgan fingerprint density at radius 2 is 1.74 bits per heavy atom. The van der Waals surface area contributed by atoms with E-state index in [0.717, 1.165) is 37.2 Å². The fourth-order valence-electron chi connectivity index (χ4n) is 3.24. The Morgan fingerprint density at radius 1 is 1.07 bits per heavy atom. The molecule has 144 valence electrons. The van der Waals surface area contributed by atoms with E-state index in [2.05, 4.69) is 20.3 Å². The standard InChI is InChI=1S/C19H24N4O4/c1-3-26-18(24)14-9-11-23(12-10-14)15-7-5-13(6-8-15)16-17(21-22-20-16)19(25)27-4-2/h5-8,14H,3-4,9-12H2,1-2H3,(H,20,21,22). The monoisotopic (exact) mass is 372 g/mol. The van der Waals surface area contributed by atoms with Crippen molar-refractivity contribution in [1.82, 2.24) is 15.4 Å². The summed E-state index contributed by atoms with van der Waals surface area (Å²) in [6, 6.07) is 7.80. The number of nitrogens with one attached hydrogen (secondary N) is 1. The molecule has 1 aromatic carbocycles. The summed E-state index contributed by atoms with van der Waals surface area (Å²) in [7, 11) is 0. The third kappa shape index (κ3) is 4.27. The van der Waals surface area contributed by atoms with Crippen molar-refractivity contribution in [2.24, 2.45) is 5.92 Å². The molecule has 27 heavy (non-hydrogen) atoms. The zero-order valence-electron chi connectivity index (χ0n) is 15.6. The molecule has 0 radical (unpaired) electrons. The van der Waals surface area contributed by atoms with Gasteiger partial charge in [-0.3, -0.25) is 4.79 Å². The molecule has 1 aliphatic rings. The summed E-state index contributed by atoms with van der Waals surface area (Å²) in [5.41, 5.74) is 2.51. The Morgan fingerprint density at radius 3 is 2.37 bits per heavy atom. The summed E-state index contributed by atoms with van der Waals surface area (Å²) in [6.45, 7) is 5.90. The van der Waals surface area contributed by atoms with Crippen LogP contribution in [-0.2, 0) is 14.3 Å². The van der Waals surface area contributed by atoms with Crippen LogP contribution in [0.3, 0.4) is 0 Å². The first kappa shape index (κ1) is 18.9. The van der Waals surface area contributed by atoms with Crippen molar-refractivity contribution < 1.29 is 19.1 Å². The molecule has 3 rings (SSSR count). The third-order valence-electron chi connectivity index (χ3n) is 4.64. The molecule has 2 aromatic rings. The summed E-state index contributed by atoms with van der Waals surface area (Å²) in [6.07, 6.45) is 1.58. The molecule has 1 fully saturated rings. The maximum atomic E-state index is 12.0. The second-order valence-electron chi connectivity index (χ2n) is 6.30. The number of ether oxygens (including phenoxy) is 2. The first-order valence-electron chi connectivity index (χ1n) is 9.24. The quantitative estimate of drug-likeness (QED) is 0.778. The predicted octanol–water partition coefficient (Wildman–Crippen LogP) is 2.43. The number of carbonyl (C=O) groups is 2. The van der Waals surface area contributed by atoms with Gasteiger partial charge < -0.3 is 14.4 Å². The van der Waals surface area contributed by atoms with Crippen LogP contribution in [0.1, 0.15) is 37.2 Å². The first-order valence-corrected chi connectivity index (χ1v) is 9.24. The van der Waals surface area contributed by atoms with E-state index in [1.807, 2.05) is 31.2 Å². The van der Waals surface area contributed by atoms with Gasteiger partial charge in [0.25, 0.3) is 0 Å². The SMILES string of the molecule is CCOC(=O)c1n[nH]nc1-c1ccc(N2CCC(C(=O)OCC)CC2)cc1. The van der Waals surface area contributed by atoms with Gasteiger partial charge in [-0.25, -0.2) is 4.79 Å². The molecule has 1 aromatic heterocycles. The fraction of sp³-hybridized carbons (Fsp3) is 0.474. The van der Waals surface area contributed by atoms with Crippen LogP contribution in [0, 0.1) is 5.92 Å². The molecular formula is C19H24N4O4. The molecule has 8 nitrogen and oxygen atoms in total. The average Bonchev–Trinajstić information content (AvgIpc) is 3.19. The van der Waals surface area contributed by atoms with E-state index in [-0.39, 0.29) is 24.2 Å². The lowest BCUT2D eigenvalue weighted by Gasteiger charge is -2.32. The topological polar surface area (TPSA) is 97.4 Å². The summed E-state index contributed by atoms with van der Waals surface area (Å²) in [5, 5.41) is 10.5. The van der Waals surface area contributed by atoms with Gasteiger partial charge in [0.05, 0.1) is 19.1 Å². The molecule has 0 bridgehead atoms. The van der Waals surface area contributed by atoms with E-state index in [9.17, 15) is 9.59 Å². The van der Waals surface area contributed by atoms with Gasteiger partial charge >= 0.3 is 11.9 Å². The number of rotatable bonds is 6. The van der Waals surface area contributed by atoms with Crippen LogP contribution in [-0.4, -0.2) is 53.7 Å². The van der Waals surface area contributed by atoms with Gasteiger partial charge in [0.2, 0.25) is 0 Å². The Balaban J connectivity index is 1.66. The number of benzene rings is 1. The van der Waals surface area contributed by atoms with Crippen LogP contribution < -0.4 is 4.90 Å². The number of hydrogen-bond acceptors (Lipinski definition) is 7. The van der Waals surface area contributed by atoms with E-state index in [1.165, 1.54) is 0 Å². The molecule has 0 spiro atoms. The van der Waals surface area contributed by atoms with Crippen LogP contribution in [0.2, 0.25) is 0 Å². The minimum absolute atomic E-state index is 0.0114. The number of hydrogen-bond donors (Lipinski definition) is 1. The highest BCUT2D eigenvalue weighted by Crippen LogP contribution is 2.27. The van der Waals surface area contributed by atoms with E-state index < -0.39 is 5.97 Å². The van der Waals surface area contributed by atoms with Gasteiger partial charge in [-0.05, 0) is 38.8 Å². The molecule has 1 aliphatic heterocycles. The van der Waals surface area contributed by atoms with Crippen LogP contribution in [0.5, 0.6) is 0 Å². The molecule has 0 saturated carbocycles. The second-order valence-corrected chi connectivity index (χ2v) is 6.30. The van der Waals surface area contributed by atoms with E-state index >= 15 is 0 Å². The molecule has 2 heterocycles. The number of aromatic nitrogens is 3. The number of esters is 2. The van der Waals surface area contributed by atoms with Gasteiger partial charge in [0.1, 0.15) is 5.69 Å². The molecule has 0 atom stereocenters. The molecule has 8 heteroatoms. The third-order valence-corrected chi connectivity index (χ3v) is 4.64. The smallest absolute Gasteiger partial charge is 0.361 e. The number of nitrogens with zero attached hydrogens (tertiary/aromatic N) is 3. The summed E-state index contributed by atoms with van der Waals surface area (Å²) >= 11 is 0. The van der Waals surface area contributed by atoms with E-state index in [0.29, 0.717) is 12.3 Å². The van der Waals surface area contributed by atoms with Crippen molar-refractivity contribution in [2.75, 3.05) is 31.2 Å². The van der Waals surface area contributed by atoms with E-state index in [4.69, 9.17) is 9.47 Å². The predicted molar refractivity (Wildman–Crippen MR) is 99.3 cm³/mol. The second kappa shape index (κ2) is 8.66. The van der Waals surface area contributed by atoms with Crippen LogP contribution in [0.25, 0.3) is 11.3 Å². The Hall–Kier alpha value is -2.90. The highest BCUT2D eigenvalue weighted by Gasteiger charge is 2.26. The zero-order valence-corrected chi connectivity index (χ0v) is 15.6. The maximum Gasteiger partial charge on any atom is 0.361 e. The van der Waals surface area contributed by atoms with Crippen molar-refractivity contribution in [2.45, 2.75) is 26.7 Å². The Bertz CT molecular complexity index is 779. The summed E-state index contributed by atoms with van der Waals surface area (Å²) < 4.78 is 10.1. The number of piperidine rings is 1. The lowest BCUT2D eigenvalue weighted by atomic mass is 9.96. The van der Waals surface area contributed by atoms with Gasteiger partial charge in [0.15, 0.2) is 5.69 Å². The molecule has 0 amide bonds. The van der Waals surface area contributed by atoms with Crippen molar-refractivity contribution in [3.8, 4) is 11.3 Å². The van der Waals surface area contributed by atoms with Gasteiger partial charge in [0, 0.05) is 24.3 Å². The van der Waals surface area contributed by atoms with Gasteiger partial charge in [-0.1, -0.05) is 12.1 Å².